The van der Waals surface area contributed by atoms with Crippen molar-refractivity contribution in [3.8, 4) is 33.4 Å². The molecule has 0 saturated heterocycles. The van der Waals surface area contributed by atoms with Crippen LogP contribution >= 0.6 is 0 Å². The van der Waals surface area contributed by atoms with Crippen molar-refractivity contribution in [2.45, 2.75) is 0 Å². The van der Waals surface area contributed by atoms with Crippen molar-refractivity contribution >= 4 is 43.5 Å². The summed E-state index contributed by atoms with van der Waals surface area (Å²) in [6, 6.07) is 21.8. The van der Waals surface area contributed by atoms with Crippen molar-refractivity contribution in [2.24, 2.45) is 0 Å². The molecule has 8 aromatic rings. The highest BCUT2D eigenvalue weighted by Crippen LogP contribution is 2.48. The van der Waals surface area contributed by atoms with Gasteiger partial charge in [-0.3, -0.25) is 0 Å². The van der Waals surface area contributed by atoms with Gasteiger partial charge in [-0.25, -0.2) is 0 Å². The molecule has 8 rings (SSSR count). The number of para-hydroxylation sites is 1. The Morgan fingerprint density at radius 1 is 0.410 bits per heavy atom. The Hall–Kier alpha value is -5.14. The van der Waals surface area contributed by atoms with Gasteiger partial charge in [0, 0.05) is 16.3 Å². The van der Waals surface area contributed by atoms with Crippen molar-refractivity contribution in [1.29, 1.82) is 0 Å². The van der Waals surface area contributed by atoms with Crippen LogP contribution in [0, 0.1) is 0 Å². The summed E-state index contributed by atoms with van der Waals surface area (Å²) in [5.74, 6) is 0. The summed E-state index contributed by atoms with van der Waals surface area (Å²) in [6.07, 6.45) is 0. The molecule has 0 atom stereocenters. The quantitative estimate of drug-likeness (QED) is 0.217. The summed E-state index contributed by atoms with van der Waals surface area (Å²) >= 11 is 0. The SMILES string of the molecule is [2H]c1c([2H])c([2H])c(-c2c3ccccc3c(-c3ccc4c(oc5ccccc54)c3-c3c([2H])c([2H])c([2H])c([2H])c3[2H])c3ccccc23)c([2H])c1[2H]. The fourth-order valence-corrected chi connectivity index (χ4v) is 5.68. The van der Waals surface area contributed by atoms with Gasteiger partial charge in [-0.1, -0.05) is 133 Å². The number of hydrogen-bond donors (Lipinski definition) is 0. The molecule has 0 bridgehead atoms. The van der Waals surface area contributed by atoms with Crippen LogP contribution in [-0.2, 0) is 0 Å². The van der Waals surface area contributed by atoms with Gasteiger partial charge >= 0.3 is 0 Å². The van der Waals surface area contributed by atoms with Crippen LogP contribution in [0.2, 0.25) is 0 Å². The second-order valence-corrected chi connectivity index (χ2v) is 9.30. The Kier molecular flexibility index (Phi) is 3.16. The molecule has 0 saturated carbocycles. The second-order valence-electron chi connectivity index (χ2n) is 9.30. The zero-order valence-electron chi connectivity index (χ0n) is 30.5. The second kappa shape index (κ2) is 8.72. The maximum Gasteiger partial charge on any atom is 0.143 e. The zero-order valence-corrected chi connectivity index (χ0v) is 20.5. The van der Waals surface area contributed by atoms with Crippen LogP contribution in [0.5, 0.6) is 0 Å². The topological polar surface area (TPSA) is 13.1 Å². The van der Waals surface area contributed by atoms with Crippen LogP contribution < -0.4 is 0 Å². The molecular formula is C38H24O. The maximum atomic E-state index is 9.01. The molecule has 0 aliphatic heterocycles. The van der Waals surface area contributed by atoms with Gasteiger partial charge < -0.3 is 4.42 Å². The van der Waals surface area contributed by atoms with Gasteiger partial charge in [-0.2, -0.15) is 0 Å². The van der Waals surface area contributed by atoms with Crippen molar-refractivity contribution in [3.63, 3.8) is 0 Å². The molecule has 1 nitrogen and oxygen atoms in total. The fraction of sp³-hybridized carbons (Fsp3) is 0. The highest BCUT2D eigenvalue weighted by Gasteiger charge is 2.22. The van der Waals surface area contributed by atoms with Gasteiger partial charge in [0.15, 0.2) is 0 Å². The number of hydrogen-bond acceptors (Lipinski definition) is 1. The fourth-order valence-electron chi connectivity index (χ4n) is 5.68. The molecule has 0 N–H and O–H groups in total. The Morgan fingerprint density at radius 2 is 0.897 bits per heavy atom. The van der Waals surface area contributed by atoms with E-state index in [-0.39, 0.29) is 35.3 Å². The van der Waals surface area contributed by atoms with Crippen molar-refractivity contribution < 1.29 is 18.1 Å². The molecule has 1 heteroatoms. The van der Waals surface area contributed by atoms with Gasteiger partial charge in [-0.05, 0) is 61.5 Å². The van der Waals surface area contributed by atoms with E-state index in [0.717, 1.165) is 5.39 Å². The third-order valence-corrected chi connectivity index (χ3v) is 7.25. The molecular weight excluding hydrogens is 472 g/mol. The largest absolute Gasteiger partial charge is 0.455 e. The molecule has 7 aromatic carbocycles. The third kappa shape index (κ3) is 3.34. The summed E-state index contributed by atoms with van der Waals surface area (Å²) in [5, 5.41) is 4.10. The highest BCUT2D eigenvalue weighted by molar-refractivity contribution is 6.24. The van der Waals surface area contributed by atoms with Crippen LogP contribution in [0.3, 0.4) is 0 Å². The van der Waals surface area contributed by atoms with Gasteiger partial charge in [0.05, 0.1) is 13.7 Å². The molecule has 0 amide bonds. The van der Waals surface area contributed by atoms with E-state index < -0.39 is 36.3 Å². The maximum absolute atomic E-state index is 9.01. The molecule has 0 spiro atoms. The van der Waals surface area contributed by atoms with Gasteiger partial charge in [-0.15, -0.1) is 0 Å². The van der Waals surface area contributed by atoms with E-state index in [2.05, 4.69) is 0 Å². The summed E-state index contributed by atoms with van der Waals surface area (Å²) < 4.78 is 92.6. The van der Waals surface area contributed by atoms with E-state index in [4.69, 9.17) is 18.1 Å². The summed E-state index contributed by atoms with van der Waals surface area (Å²) in [5.41, 5.74) is 3.03. The van der Waals surface area contributed by atoms with Crippen LogP contribution in [0.25, 0.3) is 76.9 Å². The molecule has 1 heterocycles. The molecule has 0 fully saturated rings. The predicted octanol–water partition coefficient (Wildman–Crippen LogP) is 10.9. The summed E-state index contributed by atoms with van der Waals surface area (Å²) in [4.78, 5) is 0. The predicted molar refractivity (Wildman–Crippen MR) is 165 cm³/mol. The van der Waals surface area contributed by atoms with E-state index >= 15 is 0 Å². The molecule has 0 aliphatic rings. The third-order valence-electron chi connectivity index (χ3n) is 7.25. The number of furan rings is 1. The molecule has 1 aromatic heterocycles. The minimum absolute atomic E-state index is 0.00601. The first-order valence-corrected chi connectivity index (χ1v) is 12.6. The monoisotopic (exact) mass is 506 g/mol. The summed E-state index contributed by atoms with van der Waals surface area (Å²) in [7, 11) is 0. The minimum Gasteiger partial charge on any atom is -0.455 e. The van der Waals surface area contributed by atoms with Crippen molar-refractivity contribution in [3.05, 3.63) is 145 Å². The first kappa shape index (κ1) is 14.1. The number of benzene rings is 7. The lowest BCUT2D eigenvalue weighted by Gasteiger charge is -2.20. The lowest BCUT2D eigenvalue weighted by atomic mass is 9.83. The van der Waals surface area contributed by atoms with Gasteiger partial charge in [0.1, 0.15) is 11.2 Å². The first-order valence-electron chi connectivity index (χ1n) is 17.6. The van der Waals surface area contributed by atoms with E-state index in [1.807, 2.05) is 84.9 Å². The minimum atomic E-state index is -0.504. The number of rotatable bonds is 3. The van der Waals surface area contributed by atoms with Crippen molar-refractivity contribution in [1.82, 2.24) is 0 Å². The Labute approximate surface area is 240 Å². The Balaban J connectivity index is 1.61. The van der Waals surface area contributed by atoms with E-state index in [1.165, 1.54) is 0 Å². The highest BCUT2D eigenvalue weighted by atomic mass is 16.3. The zero-order chi connectivity index (χ0) is 34.5. The van der Waals surface area contributed by atoms with Crippen LogP contribution in [-0.4, -0.2) is 0 Å². The normalized spacial score (nSPS) is 15.2. The van der Waals surface area contributed by atoms with Gasteiger partial charge in [0.2, 0.25) is 0 Å². The van der Waals surface area contributed by atoms with Crippen LogP contribution in [0.4, 0.5) is 0 Å². The molecule has 0 unspecified atom stereocenters. The van der Waals surface area contributed by atoms with Gasteiger partial charge in [0.25, 0.3) is 0 Å². The Bertz CT molecular complexity index is 2620. The number of fused-ring (bicyclic) bond motifs is 5. The van der Waals surface area contributed by atoms with E-state index in [9.17, 15) is 0 Å². The van der Waals surface area contributed by atoms with Crippen LogP contribution in [0.1, 0.15) is 13.7 Å². The van der Waals surface area contributed by atoms with E-state index in [0.29, 0.717) is 60.4 Å². The van der Waals surface area contributed by atoms with Crippen LogP contribution in [0.15, 0.2) is 150 Å². The smallest absolute Gasteiger partial charge is 0.143 e. The molecule has 0 radical (unpaired) electrons. The Morgan fingerprint density at radius 3 is 1.49 bits per heavy atom. The lowest BCUT2D eigenvalue weighted by molar-refractivity contribution is 0.670. The van der Waals surface area contributed by atoms with E-state index in [1.54, 1.807) is 0 Å². The van der Waals surface area contributed by atoms with Crippen molar-refractivity contribution in [2.75, 3.05) is 0 Å². The standard InChI is InChI=1S/C38H24O/c1-3-13-25(14-4-1)35-28-18-7-9-20-30(28)37(31-21-10-8-19-29(31)35)33-24-23-32-27-17-11-12-22-34(27)39-38(32)36(33)26-15-5-2-6-16-26/h1-24H/i1D,2D,3D,4D,5D,6D,13D,14D,15D,16D. The average molecular weight is 507 g/mol. The summed E-state index contributed by atoms with van der Waals surface area (Å²) in [6.45, 7) is 0. The average Bonchev–Trinajstić information content (AvgIpc) is 3.50. The first-order chi connectivity index (χ1) is 23.5. The molecule has 182 valence electrons. The lowest BCUT2D eigenvalue weighted by Crippen LogP contribution is -1.93. The molecule has 0 aliphatic carbocycles. The molecule has 39 heavy (non-hydrogen) atoms.